The van der Waals surface area contributed by atoms with Gasteiger partial charge in [-0.25, -0.2) is 0 Å². The van der Waals surface area contributed by atoms with Gasteiger partial charge in [0, 0.05) is 33.6 Å². The second-order valence-electron chi connectivity index (χ2n) is 9.59. The van der Waals surface area contributed by atoms with E-state index in [2.05, 4.69) is 10.6 Å². The molecule has 4 rings (SSSR count). The number of hydrogen-bond acceptors (Lipinski definition) is 2. The van der Waals surface area contributed by atoms with Gasteiger partial charge in [-0.2, -0.15) is 52.7 Å². The maximum atomic E-state index is 13.3. The quantitative estimate of drug-likeness (QED) is 0.209. The lowest BCUT2D eigenvalue weighted by Crippen LogP contribution is -2.18. The Morgan fingerprint density at radius 2 is 0.674 bits per heavy atom. The second-order valence-corrected chi connectivity index (χ2v) is 9.59. The van der Waals surface area contributed by atoms with Crippen LogP contribution in [0.4, 0.5) is 64.1 Å². The summed E-state index contributed by atoms with van der Waals surface area (Å²) in [6.07, 6.45) is -20.9. The van der Waals surface area contributed by atoms with Crippen LogP contribution in [0.25, 0.3) is 11.1 Å². The largest absolute Gasteiger partial charge is 0.416 e. The van der Waals surface area contributed by atoms with Gasteiger partial charge in [-0.3, -0.25) is 9.59 Å². The van der Waals surface area contributed by atoms with Crippen LogP contribution in [0.15, 0.2) is 84.9 Å². The first-order chi connectivity index (χ1) is 21.1. The van der Waals surface area contributed by atoms with Crippen LogP contribution in [0.2, 0.25) is 0 Å². The normalized spacial score (nSPS) is 12.5. The summed E-state index contributed by atoms with van der Waals surface area (Å²) in [6, 6.07) is 11.1. The van der Waals surface area contributed by atoms with Gasteiger partial charge in [0.05, 0.1) is 22.3 Å². The minimum Gasteiger partial charge on any atom is -0.321 e. The molecule has 0 saturated heterocycles. The molecular weight excluding hydrogens is 648 g/mol. The molecule has 0 bridgehead atoms. The molecule has 4 nitrogen and oxygen atoms in total. The summed E-state index contributed by atoms with van der Waals surface area (Å²) >= 11 is 0. The predicted molar refractivity (Wildman–Crippen MR) is 141 cm³/mol. The van der Waals surface area contributed by atoms with Crippen molar-refractivity contribution in [2.75, 3.05) is 10.6 Å². The first kappa shape index (κ1) is 33.9. The number of carbonyl (C=O) groups is 2. The molecule has 0 atom stereocenters. The monoisotopic (exact) mass is 664 g/mol. The van der Waals surface area contributed by atoms with E-state index in [1.807, 2.05) is 0 Å². The molecule has 0 aromatic heterocycles. The Hall–Kier alpha value is -5.02. The highest BCUT2D eigenvalue weighted by Gasteiger charge is 2.39. The molecule has 0 fully saturated rings. The SMILES string of the molecule is O=C(Nc1ccccc1-c1ccccc1NC(=O)c1cc(C(F)(F)F)cc(C(F)(F)F)c1)c1cc(C(F)(F)F)cc(C(F)(F)F)c1. The first-order valence-corrected chi connectivity index (χ1v) is 12.5. The van der Waals surface area contributed by atoms with E-state index in [1.165, 1.54) is 48.5 Å². The van der Waals surface area contributed by atoms with E-state index >= 15 is 0 Å². The number of anilines is 2. The molecule has 0 saturated carbocycles. The molecule has 0 heterocycles. The van der Waals surface area contributed by atoms with Crippen LogP contribution >= 0.6 is 0 Å². The fourth-order valence-electron chi connectivity index (χ4n) is 4.21. The number of para-hydroxylation sites is 2. The van der Waals surface area contributed by atoms with Crippen LogP contribution in [-0.4, -0.2) is 11.8 Å². The second kappa shape index (κ2) is 12.1. The Morgan fingerprint density at radius 1 is 0.413 bits per heavy atom. The lowest BCUT2D eigenvalue weighted by atomic mass is 10.00. The number of alkyl halides is 12. The highest BCUT2D eigenvalue weighted by atomic mass is 19.4. The third-order valence-electron chi connectivity index (χ3n) is 6.34. The third kappa shape index (κ3) is 7.79. The van der Waals surface area contributed by atoms with Gasteiger partial charge in [0.25, 0.3) is 11.8 Å². The maximum absolute atomic E-state index is 13.3. The molecule has 242 valence electrons. The Balaban J connectivity index is 1.71. The van der Waals surface area contributed by atoms with Crippen molar-refractivity contribution in [2.45, 2.75) is 24.7 Å². The Labute approximate surface area is 250 Å². The van der Waals surface area contributed by atoms with Gasteiger partial charge in [-0.15, -0.1) is 0 Å². The predicted octanol–water partition coefficient (Wildman–Crippen LogP) is 9.93. The number of amides is 2. The summed E-state index contributed by atoms with van der Waals surface area (Å²) < 4.78 is 160. The van der Waals surface area contributed by atoms with E-state index in [-0.39, 0.29) is 58.9 Å². The molecule has 4 aromatic carbocycles. The summed E-state index contributed by atoms with van der Waals surface area (Å²) in [4.78, 5) is 25.9. The molecule has 4 aromatic rings. The smallest absolute Gasteiger partial charge is 0.321 e. The van der Waals surface area contributed by atoms with Crippen molar-refractivity contribution < 1.29 is 62.3 Å². The first-order valence-electron chi connectivity index (χ1n) is 12.5. The highest BCUT2D eigenvalue weighted by molar-refractivity contribution is 6.09. The minimum absolute atomic E-state index is 0.0230. The van der Waals surface area contributed by atoms with E-state index in [4.69, 9.17) is 0 Å². The number of benzene rings is 4. The molecule has 0 spiro atoms. The van der Waals surface area contributed by atoms with E-state index < -0.39 is 69.9 Å². The van der Waals surface area contributed by atoms with E-state index in [0.29, 0.717) is 0 Å². The molecule has 0 aliphatic rings. The summed E-state index contributed by atoms with van der Waals surface area (Å²) in [5.41, 5.74) is -9.27. The standard InChI is InChI=1S/C30H16F12N2O2/c31-27(32,33)17-9-15(10-18(13-17)28(34,35)36)25(45)43-23-7-3-1-5-21(23)22-6-2-4-8-24(22)44-26(46)16-11-19(29(37,38)39)14-20(12-16)30(40,41)42/h1-14H,(H,43,45)(H,44,46). The van der Waals surface area contributed by atoms with Crippen LogP contribution < -0.4 is 10.6 Å². The maximum Gasteiger partial charge on any atom is 0.416 e. The van der Waals surface area contributed by atoms with Crippen molar-refractivity contribution in [3.05, 3.63) is 118 Å². The Morgan fingerprint density at radius 3 is 0.935 bits per heavy atom. The summed E-state index contributed by atoms with van der Waals surface area (Å²) in [5.74, 6) is -2.76. The molecule has 46 heavy (non-hydrogen) atoms. The van der Waals surface area contributed by atoms with Crippen molar-refractivity contribution in [3.63, 3.8) is 0 Å². The van der Waals surface area contributed by atoms with Crippen molar-refractivity contribution in [1.29, 1.82) is 0 Å². The van der Waals surface area contributed by atoms with E-state index in [1.54, 1.807) is 0 Å². The Kier molecular flexibility index (Phi) is 8.88. The number of rotatable bonds is 5. The van der Waals surface area contributed by atoms with E-state index in [9.17, 15) is 62.3 Å². The van der Waals surface area contributed by atoms with Gasteiger partial charge < -0.3 is 10.6 Å². The van der Waals surface area contributed by atoms with Gasteiger partial charge in [-0.05, 0) is 48.5 Å². The Bertz CT molecular complexity index is 1590. The van der Waals surface area contributed by atoms with Gasteiger partial charge >= 0.3 is 24.7 Å². The number of nitrogens with one attached hydrogen (secondary N) is 2. The molecule has 2 amide bonds. The van der Waals surface area contributed by atoms with Crippen LogP contribution in [0, 0.1) is 0 Å². The summed E-state index contributed by atoms with van der Waals surface area (Å²) in [5, 5.41) is 4.41. The molecular formula is C30H16F12N2O2. The third-order valence-corrected chi connectivity index (χ3v) is 6.34. The lowest BCUT2D eigenvalue weighted by molar-refractivity contribution is -0.144. The van der Waals surface area contributed by atoms with E-state index in [0.717, 1.165) is 0 Å². The molecule has 16 heteroatoms. The summed E-state index contributed by atoms with van der Waals surface area (Å²) in [7, 11) is 0. The topological polar surface area (TPSA) is 58.2 Å². The van der Waals surface area contributed by atoms with Gasteiger partial charge in [-0.1, -0.05) is 36.4 Å². The lowest BCUT2D eigenvalue weighted by Gasteiger charge is -2.17. The zero-order valence-electron chi connectivity index (χ0n) is 22.4. The number of halogens is 12. The van der Waals surface area contributed by atoms with Crippen LogP contribution in [0.3, 0.4) is 0 Å². The van der Waals surface area contributed by atoms with Crippen LogP contribution in [0.5, 0.6) is 0 Å². The minimum atomic E-state index is -5.23. The fraction of sp³-hybridized carbons (Fsp3) is 0.133. The zero-order valence-corrected chi connectivity index (χ0v) is 22.4. The molecule has 0 aliphatic heterocycles. The molecule has 0 unspecified atom stereocenters. The van der Waals surface area contributed by atoms with Gasteiger partial charge in [0.1, 0.15) is 0 Å². The number of carbonyl (C=O) groups excluding carboxylic acids is 2. The van der Waals surface area contributed by atoms with Gasteiger partial charge in [0.15, 0.2) is 0 Å². The van der Waals surface area contributed by atoms with Crippen molar-refractivity contribution in [2.24, 2.45) is 0 Å². The average Bonchev–Trinajstić information content (AvgIpc) is 2.95. The molecule has 0 aliphatic carbocycles. The summed E-state index contributed by atoms with van der Waals surface area (Å²) in [6.45, 7) is 0. The number of hydrogen-bond donors (Lipinski definition) is 2. The van der Waals surface area contributed by atoms with Crippen molar-refractivity contribution >= 4 is 23.2 Å². The molecule has 0 radical (unpaired) electrons. The highest BCUT2D eigenvalue weighted by Crippen LogP contribution is 2.39. The van der Waals surface area contributed by atoms with Crippen molar-refractivity contribution in [3.8, 4) is 11.1 Å². The average molecular weight is 664 g/mol. The van der Waals surface area contributed by atoms with Gasteiger partial charge in [0.2, 0.25) is 0 Å². The van der Waals surface area contributed by atoms with Crippen LogP contribution in [-0.2, 0) is 24.7 Å². The zero-order chi connectivity index (χ0) is 34.2. The van der Waals surface area contributed by atoms with Crippen molar-refractivity contribution in [1.82, 2.24) is 0 Å². The fourth-order valence-corrected chi connectivity index (χ4v) is 4.21. The molecule has 2 N–H and O–H groups in total. The van der Waals surface area contributed by atoms with Crippen LogP contribution in [0.1, 0.15) is 43.0 Å².